The molecule has 0 spiro atoms. The van der Waals surface area contributed by atoms with E-state index in [4.69, 9.17) is 21.1 Å². The van der Waals surface area contributed by atoms with Crippen molar-refractivity contribution in [2.75, 3.05) is 24.7 Å². The minimum Gasteiger partial charge on any atom is -0.466 e. The van der Waals surface area contributed by atoms with Crippen molar-refractivity contribution in [3.63, 3.8) is 0 Å². The summed E-state index contributed by atoms with van der Waals surface area (Å²) < 4.78 is 9.86. The fourth-order valence-electron chi connectivity index (χ4n) is 2.42. The van der Waals surface area contributed by atoms with Gasteiger partial charge in [0.25, 0.3) is 0 Å². The van der Waals surface area contributed by atoms with Crippen molar-refractivity contribution in [2.24, 2.45) is 5.92 Å². The van der Waals surface area contributed by atoms with E-state index >= 15 is 0 Å². The second-order valence-corrected chi connectivity index (χ2v) is 5.45. The quantitative estimate of drug-likeness (QED) is 0.770. The number of hydrogen-bond donors (Lipinski definition) is 0. The minimum atomic E-state index is -0.513. The van der Waals surface area contributed by atoms with Crippen LogP contribution in [0.15, 0.2) is 18.2 Å². The second kappa shape index (κ2) is 7.46. The predicted octanol–water partition coefficient (Wildman–Crippen LogP) is 2.43. The Labute approximate surface area is 139 Å². The SMILES string of the molecule is CCOC(=O)c1ccc(N2C[C@@H](C(=O)OCC)CC2=O)cc1Cl. The summed E-state index contributed by atoms with van der Waals surface area (Å²) in [6, 6.07) is 4.66. The first-order valence-electron chi connectivity index (χ1n) is 7.41. The predicted molar refractivity (Wildman–Crippen MR) is 84.5 cm³/mol. The Morgan fingerprint density at radius 3 is 2.57 bits per heavy atom. The van der Waals surface area contributed by atoms with E-state index in [-0.39, 0.29) is 48.6 Å². The van der Waals surface area contributed by atoms with Gasteiger partial charge in [0.1, 0.15) is 0 Å². The third-order valence-corrected chi connectivity index (χ3v) is 3.82. The summed E-state index contributed by atoms with van der Waals surface area (Å²) in [4.78, 5) is 37.1. The Morgan fingerprint density at radius 1 is 1.26 bits per heavy atom. The lowest BCUT2D eigenvalue weighted by atomic mass is 10.1. The normalized spacial score (nSPS) is 17.3. The Hall–Kier alpha value is -2.08. The average Bonchev–Trinajstić information content (AvgIpc) is 2.89. The maximum atomic E-state index is 12.1. The van der Waals surface area contributed by atoms with Crippen LogP contribution in [0.25, 0.3) is 0 Å². The molecule has 0 radical (unpaired) electrons. The zero-order valence-electron chi connectivity index (χ0n) is 13.0. The number of nitrogens with zero attached hydrogens (tertiary/aromatic N) is 1. The largest absolute Gasteiger partial charge is 0.466 e. The van der Waals surface area contributed by atoms with E-state index in [1.165, 1.54) is 17.0 Å². The van der Waals surface area contributed by atoms with Crippen LogP contribution in [0.5, 0.6) is 0 Å². The van der Waals surface area contributed by atoms with E-state index in [9.17, 15) is 14.4 Å². The monoisotopic (exact) mass is 339 g/mol. The highest BCUT2D eigenvalue weighted by Crippen LogP contribution is 2.29. The van der Waals surface area contributed by atoms with Crippen LogP contribution < -0.4 is 4.90 Å². The molecule has 1 heterocycles. The first-order valence-corrected chi connectivity index (χ1v) is 7.79. The lowest BCUT2D eigenvalue weighted by Crippen LogP contribution is -2.26. The van der Waals surface area contributed by atoms with E-state index in [1.807, 2.05) is 0 Å². The molecule has 0 saturated carbocycles. The van der Waals surface area contributed by atoms with Crippen molar-refractivity contribution in [3.05, 3.63) is 28.8 Å². The number of halogens is 1. The molecule has 6 nitrogen and oxygen atoms in total. The average molecular weight is 340 g/mol. The summed E-state index contributed by atoms with van der Waals surface area (Å²) in [6.45, 7) is 4.21. The van der Waals surface area contributed by atoms with Gasteiger partial charge in [0, 0.05) is 18.7 Å². The highest BCUT2D eigenvalue weighted by atomic mass is 35.5. The molecular weight excluding hydrogens is 322 g/mol. The standard InChI is InChI=1S/C16H18ClNO5/c1-3-22-15(20)10-7-14(19)18(9-10)11-5-6-12(13(17)8-11)16(21)23-4-2/h5-6,8,10H,3-4,7,9H2,1-2H3/t10-/m0/s1. The van der Waals surface area contributed by atoms with E-state index in [0.717, 1.165) is 0 Å². The van der Waals surface area contributed by atoms with Gasteiger partial charge in [-0.1, -0.05) is 11.6 Å². The van der Waals surface area contributed by atoms with E-state index < -0.39 is 11.9 Å². The van der Waals surface area contributed by atoms with Gasteiger partial charge in [0.2, 0.25) is 5.91 Å². The summed E-state index contributed by atoms with van der Waals surface area (Å²) in [5.41, 5.74) is 0.783. The number of rotatable bonds is 5. The van der Waals surface area contributed by atoms with Gasteiger partial charge in [-0.25, -0.2) is 4.79 Å². The van der Waals surface area contributed by atoms with Crippen LogP contribution in [0, 0.1) is 5.92 Å². The Bertz CT molecular complexity index is 631. The van der Waals surface area contributed by atoms with Crippen LogP contribution in [-0.4, -0.2) is 37.6 Å². The van der Waals surface area contributed by atoms with Gasteiger partial charge in [-0.05, 0) is 32.0 Å². The van der Waals surface area contributed by atoms with E-state index in [2.05, 4.69) is 0 Å². The van der Waals surface area contributed by atoms with Crippen molar-refractivity contribution < 1.29 is 23.9 Å². The Balaban J connectivity index is 2.16. The van der Waals surface area contributed by atoms with Gasteiger partial charge < -0.3 is 14.4 Å². The fraction of sp³-hybridized carbons (Fsp3) is 0.438. The van der Waals surface area contributed by atoms with Gasteiger partial charge in [0.05, 0.1) is 29.7 Å². The van der Waals surface area contributed by atoms with Crippen molar-refractivity contribution >= 4 is 35.1 Å². The Kier molecular flexibility index (Phi) is 5.60. The number of carbonyl (C=O) groups is 3. The second-order valence-electron chi connectivity index (χ2n) is 5.04. The van der Waals surface area contributed by atoms with Crippen LogP contribution in [0.3, 0.4) is 0 Å². The number of benzene rings is 1. The first-order chi connectivity index (χ1) is 11.0. The van der Waals surface area contributed by atoms with Crippen molar-refractivity contribution in [3.8, 4) is 0 Å². The van der Waals surface area contributed by atoms with Crippen LogP contribution >= 0.6 is 11.6 Å². The summed E-state index contributed by atoms with van der Waals surface area (Å²) >= 11 is 6.10. The molecule has 1 saturated heterocycles. The van der Waals surface area contributed by atoms with Crippen molar-refractivity contribution in [2.45, 2.75) is 20.3 Å². The van der Waals surface area contributed by atoms with E-state index in [0.29, 0.717) is 5.69 Å². The molecule has 0 aromatic heterocycles. The molecule has 0 N–H and O–H groups in total. The van der Waals surface area contributed by atoms with Gasteiger partial charge in [-0.2, -0.15) is 0 Å². The van der Waals surface area contributed by atoms with Gasteiger partial charge in [-0.15, -0.1) is 0 Å². The molecular formula is C16H18ClNO5. The maximum Gasteiger partial charge on any atom is 0.339 e. The Morgan fingerprint density at radius 2 is 1.96 bits per heavy atom. The molecule has 0 aliphatic carbocycles. The molecule has 1 amide bonds. The molecule has 0 bridgehead atoms. The molecule has 1 aromatic rings. The number of hydrogen-bond acceptors (Lipinski definition) is 5. The smallest absolute Gasteiger partial charge is 0.339 e. The molecule has 1 aliphatic rings. The van der Waals surface area contributed by atoms with Crippen LogP contribution in [0.1, 0.15) is 30.6 Å². The van der Waals surface area contributed by atoms with Gasteiger partial charge in [0.15, 0.2) is 0 Å². The van der Waals surface area contributed by atoms with Crippen molar-refractivity contribution in [1.82, 2.24) is 0 Å². The maximum absolute atomic E-state index is 12.1. The van der Waals surface area contributed by atoms with E-state index in [1.54, 1.807) is 19.9 Å². The zero-order chi connectivity index (χ0) is 17.0. The summed E-state index contributed by atoms with van der Waals surface area (Å²) in [7, 11) is 0. The highest BCUT2D eigenvalue weighted by Gasteiger charge is 2.36. The molecule has 7 heteroatoms. The summed E-state index contributed by atoms with van der Waals surface area (Å²) in [6.07, 6.45) is 0.107. The van der Waals surface area contributed by atoms with Crippen LogP contribution in [-0.2, 0) is 19.1 Å². The number of esters is 2. The fourth-order valence-corrected chi connectivity index (χ4v) is 2.67. The topological polar surface area (TPSA) is 72.9 Å². The summed E-state index contributed by atoms with van der Waals surface area (Å²) in [5, 5.41) is 0.202. The molecule has 1 atom stereocenters. The minimum absolute atomic E-state index is 0.107. The van der Waals surface area contributed by atoms with Crippen molar-refractivity contribution in [1.29, 1.82) is 0 Å². The molecule has 2 rings (SSSR count). The molecule has 124 valence electrons. The lowest BCUT2D eigenvalue weighted by molar-refractivity contribution is -0.147. The number of anilines is 1. The van der Waals surface area contributed by atoms with Crippen LogP contribution in [0.4, 0.5) is 5.69 Å². The third kappa shape index (κ3) is 3.82. The first kappa shape index (κ1) is 17.3. The lowest BCUT2D eigenvalue weighted by Gasteiger charge is -2.17. The zero-order valence-corrected chi connectivity index (χ0v) is 13.8. The number of amides is 1. The molecule has 1 fully saturated rings. The van der Waals surface area contributed by atoms with Gasteiger partial charge >= 0.3 is 11.9 Å². The molecule has 0 unspecified atom stereocenters. The number of carbonyl (C=O) groups excluding carboxylic acids is 3. The number of ether oxygens (including phenoxy) is 2. The third-order valence-electron chi connectivity index (χ3n) is 3.50. The van der Waals surface area contributed by atoms with Crippen LogP contribution in [0.2, 0.25) is 5.02 Å². The molecule has 1 aromatic carbocycles. The highest BCUT2D eigenvalue weighted by molar-refractivity contribution is 6.34. The van der Waals surface area contributed by atoms with Gasteiger partial charge in [-0.3, -0.25) is 9.59 Å². The summed E-state index contributed by atoms with van der Waals surface area (Å²) in [5.74, 6) is -1.55. The molecule has 23 heavy (non-hydrogen) atoms. The molecule has 1 aliphatic heterocycles.